The Bertz CT molecular complexity index is 1060. The van der Waals surface area contributed by atoms with Gasteiger partial charge in [0.15, 0.2) is 0 Å². The minimum atomic E-state index is -0.0986. The third kappa shape index (κ3) is 3.89. The van der Waals surface area contributed by atoms with Crippen molar-refractivity contribution in [2.24, 2.45) is 5.92 Å². The lowest BCUT2D eigenvalue weighted by Crippen LogP contribution is -2.17. The number of fused-ring (bicyclic) bond motifs is 1. The maximum absolute atomic E-state index is 13.3. The molecule has 0 unspecified atom stereocenters. The molecule has 0 spiro atoms. The van der Waals surface area contributed by atoms with Crippen LogP contribution in [0.3, 0.4) is 0 Å². The van der Waals surface area contributed by atoms with E-state index in [1.54, 1.807) is 10.8 Å². The molecular formula is C27H30N2O. The molecule has 0 saturated carbocycles. The Hall–Kier alpha value is -2.94. The molecule has 2 atom stereocenters. The molecule has 1 aliphatic carbocycles. The molecule has 0 aliphatic heterocycles. The zero-order valence-corrected chi connectivity index (χ0v) is 18.3. The van der Waals surface area contributed by atoms with Crippen LogP contribution in [0.4, 0.5) is 0 Å². The largest absolute Gasteiger partial charge is 0.271 e. The second-order valence-electron chi connectivity index (χ2n) is 8.84. The summed E-state index contributed by atoms with van der Waals surface area (Å²) >= 11 is 0. The summed E-state index contributed by atoms with van der Waals surface area (Å²) in [7, 11) is 0. The van der Waals surface area contributed by atoms with E-state index in [0.29, 0.717) is 17.8 Å². The Morgan fingerprint density at radius 1 is 1.07 bits per heavy atom. The van der Waals surface area contributed by atoms with E-state index in [9.17, 15) is 4.79 Å². The van der Waals surface area contributed by atoms with Crippen molar-refractivity contribution in [1.29, 1.82) is 0 Å². The molecule has 154 valence electrons. The molecule has 0 bridgehead atoms. The first-order valence-electron chi connectivity index (χ1n) is 10.9. The fourth-order valence-corrected chi connectivity index (χ4v) is 4.52. The number of benzene rings is 2. The molecule has 0 N–H and O–H groups in total. The van der Waals surface area contributed by atoms with E-state index in [-0.39, 0.29) is 5.91 Å². The Kier molecular flexibility index (Phi) is 5.72. The number of carbonyl (C=O) groups excluding carboxylic acids is 1. The fraction of sp³-hybridized carbons (Fsp3) is 0.333. The first-order chi connectivity index (χ1) is 14.5. The van der Waals surface area contributed by atoms with E-state index in [2.05, 4.69) is 52.0 Å². The van der Waals surface area contributed by atoms with Crippen molar-refractivity contribution < 1.29 is 4.79 Å². The molecule has 3 aromatic rings. The molecular weight excluding hydrogens is 368 g/mol. The lowest BCUT2D eigenvalue weighted by molar-refractivity contribution is 0.0956. The van der Waals surface area contributed by atoms with Crippen molar-refractivity contribution >= 4 is 12.0 Å². The summed E-state index contributed by atoms with van der Waals surface area (Å²) in [6.45, 7) is 8.83. The van der Waals surface area contributed by atoms with Crippen LogP contribution < -0.4 is 0 Å². The van der Waals surface area contributed by atoms with Gasteiger partial charge in [0.1, 0.15) is 0 Å². The number of aryl methyl sites for hydroxylation is 1. The van der Waals surface area contributed by atoms with E-state index < -0.39 is 0 Å². The van der Waals surface area contributed by atoms with Gasteiger partial charge in [0, 0.05) is 23.1 Å². The van der Waals surface area contributed by atoms with Gasteiger partial charge in [0.2, 0.25) is 0 Å². The van der Waals surface area contributed by atoms with Crippen LogP contribution in [0.15, 0.2) is 60.7 Å². The highest BCUT2D eigenvalue weighted by molar-refractivity contribution is 5.96. The molecule has 1 heterocycles. The highest BCUT2D eigenvalue weighted by atomic mass is 16.2. The van der Waals surface area contributed by atoms with Gasteiger partial charge in [-0.25, -0.2) is 0 Å². The second-order valence-corrected chi connectivity index (χ2v) is 8.84. The summed E-state index contributed by atoms with van der Waals surface area (Å²) < 4.78 is 1.64. The van der Waals surface area contributed by atoms with Crippen molar-refractivity contribution in [3.05, 3.63) is 83.1 Å². The molecule has 1 aromatic heterocycles. The van der Waals surface area contributed by atoms with E-state index >= 15 is 0 Å². The molecule has 30 heavy (non-hydrogen) atoms. The summed E-state index contributed by atoms with van der Waals surface area (Å²) in [4.78, 5) is 13.3. The third-order valence-corrected chi connectivity index (χ3v) is 6.26. The minimum absolute atomic E-state index is 0.0986. The number of hydrogen-bond donors (Lipinski definition) is 0. The number of allylic oxidation sites excluding steroid dienone is 1. The number of hydrogen-bond acceptors (Lipinski definition) is 2. The fourth-order valence-electron chi connectivity index (χ4n) is 4.52. The quantitative estimate of drug-likeness (QED) is 0.451. The van der Waals surface area contributed by atoms with Gasteiger partial charge in [-0.15, -0.1) is 0 Å². The van der Waals surface area contributed by atoms with Gasteiger partial charge in [-0.1, -0.05) is 80.9 Å². The molecule has 3 heteroatoms. The van der Waals surface area contributed by atoms with Gasteiger partial charge < -0.3 is 0 Å². The smallest absolute Gasteiger partial charge is 0.267 e. The number of aromatic nitrogens is 2. The standard InChI is InChI=1S/C27H30N2O/c1-18(2)23-16-12-20(4)25-26(23)28-29(27(25)22-8-6-5-7-9-22)24(30)17-15-21-13-10-19(3)11-14-21/h5-11,13-15,17-18,20,23H,12,16H2,1-4H3/b17-15+/t20-,23+/m1/s1. The number of nitrogens with zero attached hydrogens (tertiary/aromatic N) is 2. The van der Waals surface area contributed by atoms with E-state index in [1.165, 1.54) is 11.1 Å². The second kappa shape index (κ2) is 8.43. The van der Waals surface area contributed by atoms with Crippen LogP contribution in [0.1, 0.15) is 72.6 Å². The third-order valence-electron chi connectivity index (χ3n) is 6.26. The molecule has 0 fully saturated rings. The maximum atomic E-state index is 13.3. The average molecular weight is 399 g/mol. The molecule has 0 radical (unpaired) electrons. The summed E-state index contributed by atoms with van der Waals surface area (Å²) in [5, 5.41) is 4.92. The predicted molar refractivity (Wildman–Crippen MR) is 124 cm³/mol. The molecule has 1 aliphatic rings. The number of carbonyl (C=O) groups is 1. The Morgan fingerprint density at radius 3 is 2.43 bits per heavy atom. The minimum Gasteiger partial charge on any atom is -0.267 e. The van der Waals surface area contributed by atoms with E-state index in [0.717, 1.165) is 35.4 Å². The van der Waals surface area contributed by atoms with Crippen LogP contribution in [0.5, 0.6) is 0 Å². The monoisotopic (exact) mass is 398 g/mol. The van der Waals surface area contributed by atoms with Gasteiger partial charge in [-0.05, 0) is 43.2 Å². The molecule has 0 saturated heterocycles. The van der Waals surface area contributed by atoms with Crippen LogP contribution in [0.25, 0.3) is 17.3 Å². The first-order valence-corrected chi connectivity index (χ1v) is 10.9. The first kappa shape index (κ1) is 20.3. The van der Waals surface area contributed by atoms with E-state index in [4.69, 9.17) is 5.10 Å². The predicted octanol–water partition coefficient (Wildman–Crippen LogP) is 6.85. The highest BCUT2D eigenvalue weighted by Crippen LogP contribution is 2.45. The van der Waals surface area contributed by atoms with Gasteiger partial charge >= 0.3 is 0 Å². The van der Waals surface area contributed by atoms with Crippen molar-refractivity contribution in [3.63, 3.8) is 0 Å². The van der Waals surface area contributed by atoms with Gasteiger partial charge in [-0.3, -0.25) is 4.79 Å². The van der Waals surface area contributed by atoms with Crippen molar-refractivity contribution in [3.8, 4) is 11.3 Å². The summed E-state index contributed by atoms with van der Waals surface area (Å²) in [5.41, 5.74) is 6.60. The van der Waals surface area contributed by atoms with Crippen molar-refractivity contribution in [2.45, 2.75) is 52.4 Å². The Morgan fingerprint density at radius 2 is 1.77 bits per heavy atom. The zero-order chi connectivity index (χ0) is 21.3. The molecule has 2 aromatic carbocycles. The zero-order valence-electron chi connectivity index (χ0n) is 18.3. The summed E-state index contributed by atoms with van der Waals surface area (Å²) in [5.74, 6) is 1.20. The van der Waals surface area contributed by atoms with Crippen molar-refractivity contribution in [2.75, 3.05) is 0 Å². The van der Waals surface area contributed by atoms with Crippen LogP contribution in [0, 0.1) is 12.8 Å². The van der Waals surface area contributed by atoms with Gasteiger partial charge in [-0.2, -0.15) is 9.78 Å². The SMILES string of the molecule is Cc1ccc(/C=C/C(=O)n2nc3c(c2-c2ccccc2)[C@H](C)CC[C@H]3C(C)C)cc1. The van der Waals surface area contributed by atoms with Crippen molar-refractivity contribution in [1.82, 2.24) is 9.78 Å². The van der Waals surface area contributed by atoms with E-state index in [1.807, 2.05) is 36.4 Å². The molecule has 3 nitrogen and oxygen atoms in total. The highest BCUT2D eigenvalue weighted by Gasteiger charge is 2.34. The summed E-state index contributed by atoms with van der Waals surface area (Å²) in [6, 6.07) is 18.4. The molecule has 4 rings (SSSR count). The van der Waals surface area contributed by atoms with Crippen LogP contribution >= 0.6 is 0 Å². The Balaban J connectivity index is 1.81. The van der Waals surface area contributed by atoms with Gasteiger partial charge in [0.25, 0.3) is 5.91 Å². The number of rotatable bonds is 4. The molecule has 0 amide bonds. The van der Waals surface area contributed by atoms with Gasteiger partial charge in [0.05, 0.1) is 11.4 Å². The normalized spacial score (nSPS) is 18.7. The van der Waals surface area contributed by atoms with Crippen LogP contribution in [0.2, 0.25) is 0 Å². The topological polar surface area (TPSA) is 34.9 Å². The lowest BCUT2D eigenvalue weighted by Gasteiger charge is -2.28. The van der Waals surface area contributed by atoms with Crippen LogP contribution in [-0.2, 0) is 0 Å². The average Bonchev–Trinajstić information content (AvgIpc) is 3.15. The Labute approximate surface area is 179 Å². The summed E-state index contributed by atoms with van der Waals surface area (Å²) in [6.07, 6.45) is 5.78. The van der Waals surface area contributed by atoms with Crippen LogP contribution in [-0.4, -0.2) is 15.7 Å². The maximum Gasteiger partial charge on any atom is 0.271 e. The lowest BCUT2D eigenvalue weighted by atomic mass is 9.75.